The molecule has 0 bridgehead atoms. The molecule has 0 aliphatic heterocycles. The topological polar surface area (TPSA) is 188 Å². The molecule has 0 aromatic heterocycles. The van der Waals surface area contributed by atoms with E-state index in [0.717, 1.165) is 0 Å². The van der Waals surface area contributed by atoms with Gasteiger partial charge in [0.2, 0.25) is 11.7 Å². The molecule has 0 aliphatic rings. The third kappa shape index (κ3) is 9.21. The first-order valence-corrected chi connectivity index (χ1v) is 12.7. The number of methoxy groups -OCH3 is 1. The van der Waals surface area contributed by atoms with Crippen LogP contribution in [0.25, 0.3) is 0 Å². The SMILES string of the molecule is C=C(CC)OCCN(CCOC(=O)CC)c1cc(NC(C)=O)c(N=Nc2cc(F)c([N+](=O)[O-])cc2[N+](=O)[O-])cc1OC. The number of ether oxygens (including phenoxy) is 3. The second-order valence-corrected chi connectivity index (χ2v) is 8.53. The summed E-state index contributed by atoms with van der Waals surface area (Å²) >= 11 is 0. The number of halogens is 1. The van der Waals surface area contributed by atoms with E-state index in [2.05, 4.69) is 22.1 Å². The van der Waals surface area contributed by atoms with Crippen LogP contribution >= 0.6 is 0 Å². The van der Waals surface area contributed by atoms with Gasteiger partial charge in [-0.05, 0) is 6.07 Å². The van der Waals surface area contributed by atoms with Crippen LogP contribution in [0.4, 0.5) is 38.5 Å². The van der Waals surface area contributed by atoms with Crippen molar-refractivity contribution in [1.82, 2.24) is 0 Å². The average molecular weight is 591 g/mol. The van der Waals surface area contributed by atoms with Gasteiger partial charge in [0.25, 0.3) is 0 Å². The van der Waals surface area contributed by atoms with E-state index < -0.39 is 38.6 Å². The van der Waals surface area contributed by atoms with Crippen LogP contribution in [0.5, 0.6) is 5.75 Å². The highest BCUT2D eigenvalue weighted by molar-refractivity contribution is 5.94. The highest BCUT2D eigenvalue weighted by atomic mass is 19.1. The zero-order valence-corrected chi connectivity index (χ0v) is 23.5. The molecule has 2 aromatic carbocycles. The van der Waals surface area contributed by atoms with Crippen molar-refractivity contribution in [2.24, 2.45) is 10.2 Å². The first kappa shape index (κ1) is 33.1. The molecule has 0 spiro atoms. The molecule has 1 amide bonds. The lowest BCUT2D eigenvalue weighted by atomic mass is 10.2. The summed E-state index contributed by atoms with van der Waals surface area (Å²) in [5.74, 6) is -1.41. The van der Waals surface area contributed by atoms with Gasteiger partial charge in [-0.2, -0.15) is 4.39 Å². The molecule has 226 valence electrons. The summed E-state index contributed by atoms with van der Waals surface area (Å²) < 4.78 is 30.6. The number of rotatable bonds is 16. The van der Waals surface area contributed by atoms with Crippen LogP contribution in [0.3, 0.4) is 0 Å². The normalized spacial score (nSPS) is 10.7. The molecule has 0 aliphatic carbocycles. The van der Waals surface area contributed by atoms with E-state index >= 15 is 0 Å². The fourth-order valence-corrected chi connectivity index (χ4v) is 3.48. The molecule has 1 N–H and O–H groups in total. The number of hydrogen-bond donors (Lipinski definition) is 1. The number of azo groups is 1. The van der Waals surface area contributed by atoms with Gasteiger partial charge in [0, 0.05) is 31.9 Å². The summed E-state index contributed by atoms with van der Waals surface area (Å²) in [7, 11) is 1.37. The number of carbonyl (C=O) groups is 2. The molecular formula is C26H31FN6O9. The largest absolute Gasteiger partial charge is 0.497 e. The van der Waals surface area contributed by atoms with E-state index in [4.69, 9.17) is 14.2 Å². The highest BCUT2D eigenvalue weighted by Gasteiger charge is 2.25. The van der Waals surface area contributed by atoms with Crippen LogP contribution in [0.2, 0.25) is 0 Å². The van der Waals surface area contributed by atoms with Gasteiger partial charge in [0.05, 0.1) is 53.2 Å². The second kappa shape index (κ2) is 15.6. The lowest BCUT2D eigenvalue weighted by molar-refractivity contribution is -0.395. The highest BCUT2D eigenvalue weighted by Crippen LogP contribution is 2.41. The van der Waals surface area contributed by atoms with Crippen LogP contribution in [0, 0.1) is 26.0 Å². The Morgan fingerprint density at radius 1 is 0.976 bits per heavy atom. The smallest absolute Gasteiger partial charge is 0.311 e. The van der Waals surface area contributed by atoms with Gasteiger partial charge < -0.3 is 24.4 Å². The molecule has 0 atom stereocenters. The summed E-state index contributed by atoms with van der Waals surface area (Å²) in [6.07, 6.45) is 0.812. The molecule has 0 saturated carbocycles. The van der Waals surface area contributed by atoms with Gasteiger partial charge in [0.15, 0.2) is 5.69 Å². The van der Waals surface area contributed by atoms with Gasteiger partial charge in [-0.15, -0.1) is 10.2 Å². The van der Waals surface area contributed by atoms with Crippen LogP contribution in [0.15, 0.2) is 46.8 Å². The van der Waals surface area contributed by atoms with Crippen molar-refractivity contribution in [3.63, 3.8) is 0 Å². The van der Waals surface area contributed by atoms with Crippen LogP contribution in [0.1, 0.15) is 33.6 Å². The number of nitro benzene ring substituents is 2. The molecule has 0 heterocycles. The van der Waals surface area contributed by atoms with E-state index in [9.17, 15) is 34.2 Å². The predicted molar refractivity (Wildman–Crippen MR) is 150 cm³/mol. The summed E-state index contributed by atoms with van der Waals surface area (Å²) in [4.78, 5) is 45.9. The monoisotopic (exact) mass is 590 g/mol. The first-order valence-electron chi connectivity index (χ1n) is 12.7. The Kier molecular flexibility index (Phi) is 12.3. The number of nitrogens with one attached hydrogen (secondary N) is 1. The number of anilines is 2. The lowest BCUT2D eigenvalue weighted by Gasteiger charge is -2.27. The van der Waals surface area contributed by atoms with E-state index in [0.29, 0.717) is 36.5 Å². The number of carbonyl (C=O) groups excluding carboxylic acids is 2. The summed E-state index contributed by atoms with van der Waals surface area (Å²) in [5, 5.41) is 32.8. The van der Waals surface area contributed by atoms with Gasteiger partial charge in [-0.1, -0.05) is 20.4 Å². The third-order valence-electron chi connectivity index (χ3n) is 5.63. The third-order valence-corrected chi connectivity index (χ3v) is 5.63. The Bertz CT molecular complexity index is 1360. The van der Waals surface area contributed by atoms with Crippen molar-refractivity contribution in [3.05, 3.63) is 62.6 Å². The molecular weight excluding hydrogens is 559 g/mol. The maximum absolute atomic E-state index is 14.2. The minimum Gasteiger partial charge on any atom is -0.497 e. The maximum Gasteiger partial charge on any atom is 0.311 e. The van der Waals surface area contributed by atoms with E-state index in [1.54, 1.807) is 11.8 Å². The van der Waals surface area contributed by atoms with Crippen molar-refractivity contribution in [3.8, 4) is 5.75 Å². The van der Waals surface area contributed by atoms with E-state index in [1.807, 2.05) is 6.92 Å². The summed E-state index contributed by atoms with van der Waals surface area (Å²) in [5.41, 5.74) is -1.99. The Morgan fingerprint density at radius 3 is 2.14 bits per heavy atom. The van der Waals surface area contributed by atoms with E-state index in [-0.39, 0.29) is 49.3 Å². The molecule has 2 aromatic rings. The van der Waals surface area contributed by atoms with Crippen molar-refractivity contribution < 1.29 is 38.0 Å². The van der Waals surface area contributed by atoms with Crippen molar-refractivity contribution >= 4 is 46.0 Å². The molecule has 2 rings (SSSR count). The number of nitro groups is 2. The summed E-state index contributed by atoms with van der Waals surface area (Å²) in [6.45, 7) is 9.39. The minimum absolute atomic E-state index is 0.0215. The molecule has 0 fully saturated rings. The van der Waals surface area contributed by atoms with Gasteiger partial charge in [-0.3, -0.25) is 29.8 Å². The number of amides is 1. The van der Waals surface area contributed by atoms with Crippen LogP contribution in [-0.2, 0) is 19.1 Å². The quantitative estimate of drug-likeness (QED) is 0.0831. The molecule has 0 radical (unpaired) electrons. The van der Waals surface area contributed by atoms with Crippen LogP contribution < -0.4 is 15.0 Å². The molecule has 16 heteroatoms. The van der Waals surface area contributed by atoms with Gasteiger partial charge in [-0.25, -0.2) is 0 Å². The Hall–Kier alpha value is -5.15. The number of benzene rings is 2. The Morgan fingerprint density at radius 2 is 1.60 bits per heavy atom. The molecule has 0 saturated heterocycles. The minimum atomic E-state index is -1.35. The predicted octanol–water partition coefficient (Wildman–Crippen LogP) is 5.72. The van der Waals surface area contributed by atoms with Crippen molar-refractivity contribution in [2.75, 3.05) is 43.6 Å². The molecule has 0 unspecified atom stereocenters. The van der Waals surface area contributed by atoms with E-state index in [1.165, 1.54) is 26.2 Å². The second-order valence-electron chi connectivity index (χ2n) is 8.53. The molecule has 42 heavy (non-hydrogen) atoms. The lowest BCUT2D eigenvalue weighted by Crippen LogP contribution is -2.32. The number of nitrogens with zero attached hydrogens (tertiary/aromatic N) is 5. The zero-order valence-electron chi connectivity index (χ0n) is 23.5. The Labute approximate surface area is 240 Å². The van der Waals surface area contributed by atoms with Crippen LogP contribution in [-0.4, -0.2) is 55.1 Å². The fourth-order valence-electron chi connectivity index (χ4n) is 3.48. The zero-order chi connectivity index (χ0) is 31.4. The summed E-state index contributed by atoms with van der Waals surface area (Å²) in [6, 6.07) is 3.86. The number of allylic oxidation sites excluding steroid dienone is 1. The average Bonchev–Trinajstić information content (AvgIpc) is 2.94. The number of hydrogen-bond acceptors (Lipinski definition) is 12. The standard InChI is InChI=1S/C26H31FN6O9/c1-6-16(3)41-10-8-31(9-11-42-26(35)7-2)24-13-19(28-17(4)34)20(14-25(24)40-5)29-30-21-12-18(27)22(32(36)37)15-23(21)33(38)39/h12-15H,3,6-11H2,1-2,4-5H3,(H,28,34). The van der Waals surface area contributed by atoms with Gasteiger partial charge >= 0.3 is 17.3 Å². The molecule has 15 nitrogen and oxygen atoms in total. The first-order chi connectivity index (χ1) is 19.9. The van der Waals surface area contributed by atoms with Crippen molar-refractivity contribution in [1.29, 1.82) is 0 Å². The number of esters is 1. The fraction of sp³-hybridized carbons (Fsp3) is 0.385. The maximum atomic E-state index is 14.2. The van der Waals surface area contributed by atoms with Crippen molar-refractivity contribution in [2.45, 2.75) is 33.6 Å². The van der Waals surface area contributed by atoms with Gasteiger partial charge in [0.1, 0.15) is 24.7 Å². The Balaban J connectivity index is 2.58.